The smallest absolute Gasteiger partial charge is 0.318 e. The first-order valence-corrected chi connectivity index (χ1v) is 7.72. The van der Waals surface area contributed by atoms with Crippen LogP contribution in [0.5, 0.6) is 5.75 Å². The molecular formula is C16H20N4O3. The second kappa shape index (κ2) is 6.68. The summed E-state index contributed by atoms with van der Waals surface area (Å²) in [6.45, 7) is 4.59. The summed E-state index contributed by atoms with van der Waals surface area (Å²) < 4.78 is 10.7. The minimum Gasteiger partial charge on any atom is -0.497 e. The van der Waals surface area contributed by atoms with Gasteiger partial charge in [-0.25, -0.2) is 0 Å². The lowest BCUT2D eigenvalue weighted by atomic mass is 10.1. The van der Waals surface area contributed by atoms with Gasteiger partial charge in [0.2, 0.25) is 5.89 Å². The van der Waals surface area contributed by atoms with E-state index in [4.69, 9.17) is 9.15 Å². The van der Waals surface area contributed by atoms with E-state index >= 15 is 0 Å². The number of methoxy groups -OCH3 is 1. The Bertz CT molecular complexity index is 677. The van der Waals surface area contributed by atoms with Gasteiger partial charge in [0.15, 0.2) is 0 Å². The van der Waals surface area contributed by atoms with Gasteiger partial charge >= 0.3 is 6.01 Å². The van der Waals surface area contributed by atoms with E-state index in [2.05, 4.69) is 10.2 Å². The number of carbonyl (C=O) groups is 1. The quantitative estimate of drug-likeness (QED) is 0.853. The molecule has 1 fully saturated rings. The SMILES string of the molecule is CCc1nnc(N2CCN(C(=O)c3cccc(OC)c3)CC2)o1. The Morgan fingerprint density at radius 3 is 2.70 bits per heavy atom. The monoisotopic (exact) mass is 316 g/mol. The number of aryl methyl sites for hydroxylation is 1. The Labute approximate surface area is 134 Å². The fourth-order valence-corrected chi connectivity index (χ4v) is 2.55. The predicted octanol–water partition coefficient (Wildman–Crippen LogP) is 1.60. The number of hydrogen-bond donors (Lipinski definition) is 0. The average Bonchev–Trinajstić information content (AvgIpc) is 3.10. The molecule has 1 amide bonds. The third kappa shape index (κ3) is 3.28. The van der Waals surface area contributed by atoms with Gasteiger partial charge in [0, 0.05) is 38.2 Å². The molecular weight excluding hydrogens is 296 g/mol. The Kier molecular flexibility index (Phi) is 4.45. The lowest BCUT2D eigenvalue weighted by Gasteiger charge is -2.33. The molecule has 0 radical (unpaired) electrons. The molecule has 23 heavy (non-hydrogen) atoms. The molecule has 3 rings (SSSR count). The molecule has 1 aromatic carbocycles. The number of hydrogen-bond acceptors (Lipinski definition) is 6. The minimum atomic E-state index is 0.0170. The van der Waals surface area contributed by atoms with Crippen LogP contribution in [0.3, 0.4) is 0 Å². The number of benzene rings is 1. The Morgan fingerprint density at radius 2 is 2.04 bits per heavy atom. The summed E-state index contributed by atoms with van der Waals surface area (Å²) in [5.74, 6) is 1.34. The van der Waals surface area contributed by atoms with Crippen molar-refractivity contribution in [2.45, 2.75) is 13.3 Å². The number of amides is 1. The van der Waals surface area contributed by atoms with Crippen molar-refractivity contribution >= 4 is 11.9 Å². The van der Waals surface area contributed by atoms with Crippen LogP contribution in [-0.2, 0) is 6.42 Å². The first-order chi connectivity index (χ1) is 11.2. The molecule has 0 N–H and O–H groups in total. The third-order valence-electron chi connectivity index (χ3n) is 3.91. The van der Waals surface area contributed by atoms with Gasteiger partial charge in [-0.3, -0.25) is 4.79 Å². The molecule has 7 heteroatoms. The molecule has 1 saturated heterocycles. The number of rotatable bonds is 4. The van der Waals surface area contributed by atoms with Crippen LogP contribution in [0.2, 0.25) is 0 Å². The first-order valence-electron chi connectivity index (χ1n) is 7.72. The van der Waals surface area contributed by atoms with Gasteiger partial charge in [-0.05, 0) is 18.2 Å². The van der Waals surface area contributed by atoms with E-state index in [1.807, 2.05) is 34.9 Å². The van der Waals surface area contributed by atoms with Crippen LogP contribution in [0, 0.1) is 0 Å². The summed E-state index contributed by atoms with van der Waals surface area (Å²) in [5, 5.41) is 8.03. The number of aromatic nitrogens is 2. The van der Waals surface area contributed by atoms with E-state index in [-0.39, 0.29) is 5.91 Å². The molecule has 2 heterocycles. The van der Waals surface area contributed by atoms with E-state index in [0.29, 0.717) is 49.4 Å². The summed E-state index contributed by atoms with van der Waals surface area (Å²) in [7, 11) is 1.59. The number of nitrogens with zero attached hydrogens (tertiary/aromatic N) is 4. The van der Waals surface area contributed by atoms with Crippen LogP contribution in [-0.4, -0.2) is 54.3 Å². The van der Waals surface area contributed by atoms with Crippen molar-refractivity contribution in [2.24, 2.45) is 0 Å². The Morgan fingerprint density at radius 1 is 1.26 bits per heavy atom. The van der Waals surface area contributed by atoms with E-state index in [0.717, 1.165) is 6.42 Å². The van der Waals surface area contributed by atoms with Crippen LogP contribution in [0.25, 0.3) is 0 Å². The third-order valence-corrected chi connectivity index (χ3v) is 3.91. The molecule has 2 aromatic rings. The highest BCUT2D eigenvalue weighted by Crippen LogP contribution is 2.18. The summed E-state index contributed by atoms with van der Waals surface area (Å²) in [6.07, 6.45) is 0.724. The zero-order valence-electron chi connectivity index (χ0n) is 13.4. The average molecular weight is 316 g/mol. The van der Waals surface area contributed by atoms with Crippen molar-refractivity contribution in [3.63, 3.8) is 0 Å². The Hall–Kier alpha value is -2.57. The summed E-state index contributed by atoms with van der Waals surface area (Å²) >= 11 is 0. The second-order valence-corrected chi connectivity index (χ2v) is 5.34. The molecule has 0 spiro atoms. The molecule has 1 aromatic heterocycles. The van der Waals surface area contributed by atoms with Gasteiger partial charge < -0.3 is 19.0 Å². The molecule has 0 saturated carbocycles. The van der Waals surface area contributed by atoms with Crippen molar-refractivity contribution in [1.82, 2.24) is 15.1 Å². The molecule has 1 aliphatic rings. The highest BCUT2D eigenvalue weighted by molar-refractivity contribution is 5.94. The molecule has 0 atom stereocenters. The van der Waals surface area contributed by atoms with E-state index in [1.54, 1.807) is 13.2 Å². The lowest BCUT2D eigenvalue weighted by Crippen LogP contribution is -2.48. The number of anilines is 1. The Balaban J connectivity index is 1.62. The maximum atomic E-state index is 12.6. The molecule has 0 unspecified atom stereocenters. The van der Waals surface area contributed by atoms with Gasteiger partial charge in [-0.1, -0.05) is 18.1 Å². The largest absolute Gasteiger partial charge is 0.497 e. The maximum absolute atomic E-state index is 12.6. The van der Waals surface area contributed by atoms with E-state index in [9.17, 15) is 4.79 Å². The highest BCUT2D eigenvalue weighted by Gasteiger charge is 2.25. The predicted molar refractivity (Wildman–Crippen MR) is 84.8 cm³/mol. The van der Waals surface area contributed by atoms with Crippen molar-refractivity contribution in [2.75, 3.05) is 38.2 Å². The maximum Gasteiger partial charge on any atom is 0.318 e. The van der Waals surface area contributed by atoms with Crippen LogP contribution < -0.4 is 9.64 Å². The van der Waals surface area contributed by atoms with E-state index < -0.39 is 0 Å². The summed E-state index contributed by atoms with van der Waals surface area (Å²) in [6, 6.07) is 7.77. The number of ether oxygens (including phenoxy) is 1. The molecule has 0 aliphatic carbocycles. The van der Waals surface area contributed by atoms with Crippen LogP contribution >= 0.6 is 0 Å². The lowest BCUT2D eigenvalue weighted by molar-refractivity contribution is 0.0744. The number of carbonyl (C=O) groups excluding carboxylic acids is 1. The molecule has 7 nitrogen and oxygen atoms in total. The molecule has 1 aliphatic heterocycles. The minimum absolute atomic E-state index is 0.0170. The summed E-state index contributed by atoms with van der Waals surface area (Å²) in [5.41, 5.74) is 0.642. The fourth-order valence-electron chi connectivity index (χ4n) is 2.55. The zero-order chi connectivity index (χ0) is 16.2. The van der Waals surface area contributed by atoms with Crippen LogP contribution in [0.15, 0.2) is 28.7 Å². The van der Waals surface area contributed by atoms with Crippen molar-refractivity contribution in [1.29, 1.82) is 0 Å². The zero-order valence-corrected chi connectivity index (χ0v) is 13.4. The van der Waals surface area contributed by atoms with Crippen LogP contribution in [0.4, 0.5) is 6.01 Å². The topological polar surface area (TPSA) is 71.7 Å². The first kappa shape index (κ1) is 15.3. The van der Waals surface area contributed by atoms with Gasteiger partial charge in [0.1, 0.15) is 5.75 Å². The van der Waals surface area contributed by atoms with Gasteiger partial charge in [0.25, 0.3) is 5.91 Å². The van der Waals surface area contributed by atoms with Crippen molar-refractivity contribution in [3.05, 3.63) is 35.7 Å². The van der Waals surface area contributed by atoms with Gasteiger partial charge in [0.05, 0.1) is 7.11 Å². The highest BCUT2D eigenvalue weighted by atomic mass is 16.5. The molecule has 0 bridgehead atoms. The number of piperazine rings is 1. The normalized spacial score (nSPS) is 14.9. The second-order valence-electron chi connectivity index (χ2n) is 5.34. The van der Waals surface area contributed by atoms with Crippen molar-refractivity contribution < 1.29 is 13.9 Å². The summed E-state index contributed by atoms with van der Waals surface area (Å²) in [4.78, 5) is 16.4. The molecule has 122 valence electrons. The van der Waals surface area contributed by atoms with Crippen molar-refractivity contribution in [3.8, 4) is 5.75 Å². The van der Waals surface area contributed by atoms with E-state index in [1.165, 1.54) is 0 Å². The van der Waals surface area contributed by atoms with Gasteiger partial charge in [-0.2, -0.15) is 0 Å². The van der Waals surface area contributed by atoms with Gasteiger partial charge in [-0.15, -0.1) is 5.10 Å². The standard InChI is InChI=1S/C16H20N4O3/c1-3-14-17-18-16(23-14)20-9-7-19(8-10-20)15(21)12-5-4-6-13(11-12)22-2/h4-6,11H,3,7-10H2,1-2H3. The van der Waals surface area contributed by atoms with Crippen LogP contribution in [0.1, 0.15) is 23.2 Å². The fraction of sp³-hybridized carbons (Fsp3) is 0.438.